The molecule has 1 aliphatic rings. The maximum absolute atomic E-state index is 2.43. The van der Waals surface area contributed by atoms with E-state index < -0.39 is 0 Å². The normalized spacial score (nSPS) is 12.3. The summed E-state index contributed by atoms with van der Waals surface area (Å²) < 4.78 is 1.36. The van der Waals surface area contributed by atoms with E-state index in [2.05, 4.69) is 181 Å². The van der Waals surface area contributed by atoms with E-state index in [4.69, 9.17) is 0 Å². The molecule has 2 heteroatoms. The monoisotopic (exact) mass is 631 g/mol. The molecule has 0 saturated heterocycles. The molecule has 0 atom stereocenters. The Morgan fingerprint density at radius 2 is 1.06 bits per heavy atom. The molecule has 0 saturated carbocycles. The van der Waals surface area contributed by atoms with Crippen molar-refractivity contribution in [2.45, 2.75) is 12.8 Å². The average Bonchev–Trinajstić information content (AvgIpc) is 3.55. The van der Waals surface area contributed by atoms with Gasteiger partial charge >= 0.3 is 0 Å². The summed E-state index contributed by atoms with van der Waals surface area (Å²) in [6, 6.07) is 59.6. The second-order valence-electron chi connectivity index (χ2n) is 12.4. The smallest absolute Gasteiger partial charge is 0.0554 e. The number of hydrogen-bond donors (Lipinski definition) is 0. The third-order valence-corrected chi connectivity index (χ3v) is 10.8. The lowest BCUT2D eigenvalue weighted by molar-refractivity contribution is 1.02. The highest BCUT2D eigenvalue weighted by Crippen LogP contribution is 2.49. The minimum Gasteiger partial charge on any atom is -0.310 e. The molecule has 0 aliphatic heterocycles. The van der Waals surface area contributed by atoms with Crippen LogP contribution in [0.5, 0.6) is 0 Å². The van der Waals surface area contributed by atoms with Crippen LogP contribution in [0.4, 0.5) is 17.1 Å². The van der Waals surface area contributed by atoms with Crippen molar-refractivity contribution < 1.29 is 0 Å². The van der Waals surface area contributed by atoms with E-state index in [-0.39, 0.29) is 0 Å². The van der Waals surface area contributed by atoms with Crippen molar-refractivity contribution in [1.82, 2.24) is 0 Å². The van der Waals surface area contributed by atoms with Gasteiger partial charge in [0.2, 0.25) is 0 Å². The number of rotatable bonds is 6. The summed E-state index contributed by atoms with van der Waals surface area (Å²) in [6.07, 6.45) is 6.87. The first kappa shape index (κ1) is 28.5. The van der Waals surface area contributed by atoms with E-state index in [1.54, 1.807) is 0 Å². The minimum atomic E-state index is 1.11. The van der Waals surface area contributed by atoms with Crippen molar-refractivity contribution in [2.24, 2.45) is 0 Å². The topological polar surface area (TPSA) is 3.24 Å². The predicted octanol–water partition coefficient (Wildman–Crippen LogP) is 13.5. The molecule has 1 nitrogen and oxygen atoms in total. The van der Waals surface area contributed by atoms with Crippen molar-refractivity contribution in [3.05, 3.63) is 180 Å². The molecule has 228 valence electrons. The van der Waals surface area contributed by atoms with Crippen LogP contribution in [-0.4, -0.2) is 0 Å². The lowest BCUT2D eigenvalue weighted by atomic mass is 9.95. The highest BCUT2D eigenvalue weighted by Gasteiger charge is 2.23. The maximum Gasteiger partial charge on any atom is 0.0554 e. The predicted molar refractivity (Wildman–Crippen MR) is 208 cm³/mol. The molecule has 1 heterocycles. The maximum atomic E-state index is 2.43. The van der Waals surface area contributed by atoms with Crippen LogP contribution in [0, 0.1) is 0 Å². The SMILES string of the molecule is C1=Cc2c(sc3c(-c4ccc5ccccc5c4)c(N(c4ccccc4)c4ccc(-c5ccc(-c6ccccc6)cc5)cc4)ccc23)CC1. The van der Waals surface area contributed by atoms with E-state index in [0.717, 1.165) is 24.2 Å². The second kappa shape index (κ2) is 12.2. The molecule has 0 radical (unpaired) electrons. The van der Waals surface area contributed by atoms with Gasteiger partial charge in [0.15, 0.2) is 0 Å². The van der Waals surface area contributed by atoms with Crippen LogP contribution in [0.3, 0.4) is 0 Å². The third kappa shape index (κ3) is 5.12. The molecular formula is C46H33NS. The molecule has 7 aromatic carbocycles. The first-order chi connectivity index (χ1) is 23.8. The van der Waals surface area contributed by atoms with E-state index in [1.165, 1.54) is 70.4 Å². The van der Waals surface area contributed by atoms with Gasteiger partial charge in [0.05, 0.1) is 5.69 Å². The Hall–Kier alpha value is -5.70. The molecule has 8 aromatic rings. The molecule has 0 bridgehead atoms. The largest absolute Gasteiger partial charge is 0.310 e. The van der Waals surface area contributed by atoms with Crippen LogP contribution in [0.2, 0.25) is 0 Å². The summed E-state index contributed by atoms with van der Waals surface area (Å²) in [5.74, 6) is 0. The molecule has 1 aromatic heterocycles. The Balaban J connectivity index is 1.20. The number of allylic oxidation sites excluding steroid dienone is 1. The highest BCUT2D eigenvalue weighted by atomic mass is 32.1. The van der Waals surface area contributed by atoms with Gasteiger partial charge in [-0.15, -0.1) is 11.3 Å². The van der Waals surface area contributed by atoms with Crippen molar-refractivity contribution in [3.8, 4) is 33.4 Å². The number of aryl methyl sites for hydroxylation is 1. The Bertz CT molecular complexity index is 2420. The van der Waals surface area contributed by atoms with Crippen molar-refractivity contribution in [3.63, 3.8) is 0 Å². The summed E-state index contributed by atoms with van der Waals surface area (Å²) in [5, 5.41) is 3.86. The second-order valence-corrected chi connectivity index (χ2v) is 13.5. The number of thiophene rings is 1. The number of hydrogen-bond acceptors (Lipinski definition) is 2. The number of benzene rings is 7. The first-order valence-corrected chi connectivity index (χ1v) is 17.5. The quantitative estimate of drug-likeness (QED) is 0.176. The van der Waals surface area contributed by atoms with Gasteiger partial charge in [-0.25, -0.2) is 0 Å². The van der Waals surface area contributed by atoms with Crippen LogP contribution >= 0.6 is 11.3 Å². The van der Waals surface area contributed by atoms with E-state index in [0.29, 0.717) is 0 Å². The van der Waals surface area contributed by atoms with Crippen molar-refractivity contribution >= 4 is 55.3 Å². The van der Waals surface area contributed by atoms with Gasteiger partial charge in [-0.1, -0.05) is 140 Å². The van der Waals surface area contributed by atoms with E-state index in [9.17, 15) is 0 Å². The zero-order valence-corrected chi connectivity index (χ0v) is 27.3. The number of anilines is 3. The number of nitrogens with zero attached hydrogens (tertiary/aromatic N) is 1. The molecular weight excluding hydrogens is 599 g/mol. The summed E-state index contributed by atoms with van der Waals surface area (Å²) in [6.45, 7) is 0. The highest BCUT2D eigenvalue weighted by molar-refractivity contribution is 7.20. The molecule has 0 fully saturated rings. The summed E-state index contributed by atoms with van der Waals surface area (Å²) >= 11 is 1.97. The average molecular weight is 632 g/mol. The summed E-state index contributed by atoms with van der Waals surface area (Å²) in [5.41, 5.74) is 12.3. The molecule has 0 unspecified atom stereocenters. The van der Waals surface area contributed by atoms with E-state index in [1.807, 2.05) is 11.3 Å². The molecule has 1 aliphatic carbocycles. The van der Waals surface area contributed by atoms with Gasteiger partial charge in [-0.05, 0) is 93.4 Å². The van der Waals surface area contributed by atoms with Gasteiger partial charge in [0, 0.05) is 31.9 Å². The zero-order chi connectivity index (χ0) is 31.9. The van der Waals surface area contributed by atoms with Crippen LogP contribution < -0.4 is 4.90 Å². The molecule has 48 heavy (non-hydrogen) atoms. The van der Waals surface area contributed by atoms with Gasteiger partial charge in [-0.3, -0.25) is 0 Å². The Morgan fingerprint density at radius 3 is 1.79 bits per heavy atom. The summed E-state index contributed by atoms with van der Waals surface area (Å²) in [4.78, 5) is 3.92. The minimum absolute atomic E-state index is 1.11. The molecule has 0 spiro atoms. The Labute approximate surface area is 285 Å². The van der Waals surface area contributed by atoms with Gasteiger partial charge < -0.3 is 4.90 Å². The molecule has 0 N–H and O–H groups in total. The molecule has 0 amide bonds. The Kier molecular flexibility index (Phi) is 7.22. The fourth-order valence-electron chi connectivity index (χ4n) is 7.11. The van der Waals surface area contributed by atoms with Crippen LogP contribution in [0.25, 0.3) is 60.3 Å². The van der Waals surface area contributed by atoms with Gasteiger partial charge in [0.25, 0.3) is 0 Å². The lowest BCUT2D eigenvalue weighted by Crippen LogP contribution is -2.11. The lowest BCUT2D eigenvalue weighted by Gasteiger charge is -2.28. The zero-order valence-electron chi connectivity index (χ0n) is 26.5. The van der Waals surface area contributed by atoms with Crippen LogP contribution in [0.1, 0.15) is 16.9 Å². The van der Waals surface area contributed by atoms with Crippen molar-refractivity contribution in [1.29, 1.82) is 0 Å². The number of fused-ring (bicyclic) bond motifs is 4. The molecule has 9 rings (SSSR count). The summed E-state index contributed by atoms with van der Waals surface area (Å²) in [7, 11) is 0. The van der Waals surface area contributed by atoms with Gasteiger partial charge in [0.1, 0.15) is 0 Å². The van der Waals surface area contributed by atoms with Crippen LogP contribution in [-0.2, 0) is 6.42 Å². The fraction of sp³-hybridized carbons (Fsp3) is 0.0435. The fourth-order valence-corrected chi connectivity index (χ4v) is 8.47. The Morgan fingerprint density at radius 1 is 0.479 bits per heavy atom. The standard InChI is InChI=1S/C46H33NS/c1-3-11-32(12-4-1)34-19-21-35(22-20-34)36-25-27-40(28-26-36)47(39-15-5-2-6-16-39)43-30-29-42-41-17-9-10-18-44(41)48-46(42)45(43)38-24-23-33-13-7-8-14-37(33)31-38/h1-9,11-17,19-31H,10,18H2. The van der Waals surface area contributed by atoms with Crippen molar-refractivity contribution in [2.75, 3.05) is 4.90 Å². The number of para-hydroxylation sites is 1. The third-order valence-electron chi connectivity index (χ3n) is 9.52. The van der Waals surface area contributed by atoms with Crippen LogP contribution in [0.15, 0.2) is 170 Å². The van der Waals surface area contributed by atoms with E-state index >= 15 is 0 Å². The first-order valence-electron chi connectivity index (χ1n) is 16.7. The van der Waals surface area contributed by atoms with Gasteiger partial charge in [-0.2, -0.15) is 0 Å².